The summed E-state index contributed by atoms with van der Waals surface area (Å²) in [6.45, 7) is 7.44. The largest absolute Gasteiger partial charge is 0.351 e. The number of amides is 2. The molecule has 2 aromatic carbocycles. The Morgan fingerprint density at radius 2 is 1.87 bits per heavy atom. The number of rotatable bonds is 6. The zero-order valence-corrected chi connectivity index (χ0v) is 18.1. The first-order chi connectivity index (χ1) is 14.3. The van der Waals surface area contributed by atoms with Gasteiger partial charge >= 0.3 is 0 Å². The van der Waals surface area contributed by atoms with Crippen molar-refractivity contribution >= 4 is 23.4 Å². The maximum Gasteiger partial charge on any atom is 0.252 e. The zero-order chi connectivity index (χ0) is 21.7. The Morgan fingerprint density at radius 3 is 2.53 bits per heavy atom. The van der Waals surface area contributed by atoms with Crippen molar-refractivity contribution in [1.82, 2.24) is 15.1 Å². The molecule has 0 bridgehead atoms. The van der Waals surface area contributed by atoms with Gasteiger partial charge in [-0.05, 0) is 37.6 Å². The van der Waals surface area contributed by atoms with Crippen LogP contribution in [0.15, 0.2) is 48.5 Å². The minimum atomic E-state index is -0.499. The quantitative estimate of drug-likeness (QED) is 0.758. The molecule has 2 amide bonds. The van der Waals surface area contributed by atoms with Crippen LogP contribution in [-0.2, 0) is 11.3 Å². The molecular weight excluding hydrogens is 405 g/mol. The molecule has 1 aliphatic heterocycles. The smallest absolute Gasteiger partial charge is 0.252 e. The molecule has 5 nitrogen and oxygen atoms in total. The Hall–Kier alpha value is -2.44. The van der Waals surface area contributed by atoms with Crippen LogP contribution in [0.2, 0.25) is 5.02 Å². The predicted octanol–water partition coefficient (Wildman–Crippen LogP) is 3.72. The second-order valence-corrected chi connectivity index (χ2v) is 8.57. The molecule has 0 aliphatic carbocycles. The van der Waals surface area contributed by atoms with Crippen LogP contribution in [0, 0.1) is 5.82 Å². The van der Waals surface area contributed by atoms with Gasteiger partial charge in [-0.15, -0.1) is 0 Å². The van der Waals surface area contributed by atoms with Gasteiger partial charge in [0.2, 0.25) is 5.91 Å². The molecule has 1 heterocycles. The Morgan fingerprint density at radius 1 is 1.13 bits per heavy atom. The van der Waals surface area contributed by atoms with Gasteiger partial charge in [-0.25, -0.2) is 4.39 Å². The zero-order valence-electron chi connectivity index (χ0n) is 17.3. The summed E-state index contributed by atoms with van der Waals surface area (Å²) in [5.41, 5.74) is 1.31. The van der Waals surface area contributed by atoms with E-state index in [1.54, 1.807) is 0 Å². The second-order valence-electron chi connectivity index (χ2n) is 8.16. The first kappa shape index (κ1) is 22.2. The molecule has 0 radical (unpaired) electrons. The summed E-state index contributed by atoms with van der Waals surface area (Å²) in [7, 11) is 0. The maximum absolute atomic E-state index is 13.1. The average molecular weight is 432 g/mol. The van der Waals surface area contributed by atoms with Crippen molar-refractivity contribution < 1.29 is 14.0 Å². The van der Waals surface area contributed by atoms with E-state index in [1.165, 1.54) is 17.7 Å². The van der Waals surface area contributed by atoms with Crippen LogP contribution in [0.3, 0.4) is 0 Å². The molecule has 0 aromatic heterocycles. The minimum absolute atomic E-state index is 0.00735. The van der Waals surface area contributed by atoms with Gasteiger partial charge in [0.25, 0.3) is 5.91 Å². The van der Waals surface area contributed by atoms with Crippen LogP contribution in [0.4, 0.5) is 4.39 Å². The van der Waals surface area contributed by atoms with E-state index in [9.17, 15) is 14.0 Å². The topological polar surface area (TPSA) is 52.7 Å². The molecule has 160 valence electrons. The van der Waals surface area contributed by atoms with Gasteiger partial charge in [0.05, 0.1) is 10.6 Å². The van der Waals surface area contributed by atoms with E-state index in [0.717, 1.165) is 19.2 Å². The third-order valence-electron chi connectivity index (χ3n) is 5.44. The molecule has 0 spiro atoms. The molecule has 1 saturated heterocycles. The van der Waals surface area contributed by atoms with Crippen molar-refractivity contribution in [2.75, 3.05) is 26.2 Å². The number of hydrogen-bond acceptors (Lipinski definition) is 3. The molecule has 0 atom stereocenters. The molecule has 1 aliphatic rings. The normalized spacial score (nSPS) is 16.3. The summed E-state index contributed by atoms with van der Waals surface area (Å²) in [6.07, 6.45) is 0.208. The molecular formula is C23H27ClFN3O2. The lowest BCUT2D eigenvalue weighted by molar-refractivity contribution is -0.136. The molecule has 1 fully saturated rings. The van der Waals surface area contributed by atoms with Gasteiger partial charge in [0, 0.05) is 44.7 Å². The number of benzene rings is 2. The van der Waals surface area contributed by atoms with E-state index in [4.69, 9.17) is 11.6 Å². The van der Waals surface area contributed by atoms with Crippen LogP contribution in [0.1, 0.15) is 36.2 Å². The molecule has 0 saturated carbocycles. The monoisotopic (exact) mass is 431 g/mol. The van der Waals surface area contributed by atoms with Crippen molar-refractivity contribution in [2.45, 2.75) is 32.4 Å². The van der Waals surface area contributed by atoms with Crippen LogP contribution >= 0.6 is 11.6 Å². The van der Waals surface area contributed by atoms with Crippen molar-refractivity contribution in [1.29, 1.82) is 0 Å². The first-order valence-electron chi connectivity index (χ1n) is 10.1. The number of nitrogens with zero attached hydrogens (tertiary/aromatic N) is 2. The highest BCUT2D eigenvalue weighted by Gasteiger charge is 2.35. The van der Waals surface area contributed by atoms with Crippen molar-refractivity contribution in [3.63, 3.8) is 0 Å². The van der Waals surface area contributed by atoms with Gasteiger partial charge < -0.3 is 10.2 Å². The molecule has 1 N–H and O–H groups in total. The molecule has 0 unspecified atom stereocenters. The summed E-state index contributed by atoms with van der Waals surface area (Å²) >= 11 is 5.91. The van der Waals surface area contributed by atoms with Gasteiger partial charge in [-0.2, -0.15) is 0 Å². The summed E-state index contributed by atoms with van der Waals surface area (Å²) in [5.74, 6) is -0.908. The predicted molar refractivity (Wildman–Crippen MR) is 116 cm³/mol. The van der Waals surface area contributed by atoms with E-state index >= 15 is 0 Å². The van der Waals surface area contributed by atoms with Crippen LogP contribution in [-0.4, -0.2) is 53.3 Å². The van der Waals surface area contributed by atoms with E-state index < -0.39 is 11.7 Å². The Kier molecular flexibility index (Phi) is 7.10. The van der Waals surface area contributed by atoms with E-state index in [1.807, 2.05) is 23.1 Å². The molecule has 7 heteroatoms. The van der Waals surface area contributed by atoms with Gasteiger partial charge in [0.1, 0.15) is 5.82 Å². The number of hydrogen-bond donors (Lipinski definition) is 1. The van der Waals surface area contributed by atoms with Crippen LogP contribution in [0.25, 0.3) is 0 Å². The fourth-order valence-electron chi connectivity index (χ4n) is 3.71. The summed E-state index contributed by atoms with van der Waals surface area (Å²) < 4.78 is 13.1. The van der Waals surface area contributed by atoms with Crippen molar-refractivity contribution in [3.05, 3.63) is 70.5 Å². The highest BCUT2D eigenvalue weighted by molar-refractivity contribution is 6.33. The van der Waals surface area contributed by atoms with Crippen molar-refractivity contribution in [3.8, 4) is 0 Å². The van der Waals surface area contributed by atoms with Crippen LogP contribution in [0.5, 0.6) is 0 Å². The van der Waals surface area contributed by atoms with Gasteiger partial charge in [0.15, 0.2) is 0 Å². The Bertz CT molecular complexity index is 905. The third-order valence-corrected chi connectivity index (χ3v) is 5.76. The van der Waals surface area contributed by atoms with E-state index in [-0.39, 0.29) is 35.0 Å². The average Bonchev–Trinajstić information content (AvgIpc) is 2.69. The van der Waals surface area contributed by atoms with Gasteiger partial charge in [-0.3, -0.25) is 14.5 Å². The maximum atomic E-state index is 13.1. The van der Waals surface area contributed by atoms with Gasteiger partial charge in [-0.1, -0.05) is 41.9 Å². The minimum Gasteiger partial charge on any atom is -0.351 e. The lowest BCUT2D eigenvalue weighted by Gasteiger charge is -2.47. The number of nitrogens with one attached hydrogen (secondary N) is 1. The molecule has 30 heavy (non-hydrogen) atoms. The number of halogens is 2. The second kappa shape index (κ2) is 9.58. The van der Waals surface area contributed by atoms with Crippen molar-refractivity contribution in [2.24, 2.45) is 0 Å². The highest BCUT2D eigenvalue weighted by atomic mass is 35.5. The fraction of sp³-hybridized carbons (Fsp3) is 0.391. The Labute approximate surface area is 181 Å². The number of carbonyl (C=O) groups is 2. The standard InChI is InChI=1S/C23H27ClFN3O2/c1-23(2)16-27(12-13-28(23)15-17-6-4-3-5-7-17)21(29)10-11-26-22(30)19-9-8-18(25)14-20(19)24/h3-9,14H,10-13,15-16H2,1-2H3,(H,26,30). The molecule has 3 rings (SSSR count). The fourth-order valence-corrected chi connectivity index (χ4v) is 3.96. The highest BCUT2D eigenvalue weighted by Crippen LogP contribution is 2.24. The summed E-state index contributed by atoms with van der Waals surface area (Å²) in [4.78, 5) is 29.1. The number of carbonyl (C=O) groups excluding carboxylic acids is 2. The SMILES string of the molecule is CC1(C)CN(C(=O)CCNC(=O)c2ccc(F)cc2Cl)CCN1Cc1ccccc1. The summed E-state index contributed by atoms with van der Waals surface area (Å²) in [6, 6.07) is 13.9. The number of piperazine rings is 1. The lowest BCUT2D eigenvalue weighted by atomic mass is 9.97. The Balaban J connectivity index is 1.49. The molecule has 2 aromatic rings. The van der Waals surface area contributed by atoms with E-state index in [0.29, 0.717) is 13.1 Å². The van der Waals surface area contributed by atoms with E-state index in [2.05, 4.69) is 36.2 Å². The van der Waals surface area contributed by atoms with Crippen LogP contribution < -0.4 is 5.32 Å². The summed E-state index contributed by atoms with van der Waals surface area (Å²) in [5, 5.41) is 2.74. The third kappa shape index (κ3) is 5.58. The first-order valence-corrected chi connectivity index (χ1v) is 10.4. The lowest BCUT2D eigenvalue weighted by Crippen LogP contribution is -2.60.